The molecule has 9 heteroatoms. The van der Waals surface area contributed by atoms with Crippen LogP contribution in [0.1, 0.15) is 31.4 Å². The zero-order valence-electron chi connectivity index (χ0n) is 24.6. The Morgan fingerprint density at radius 1 is 0.814 bits per heavy atom. The van der Waals surface area contributed by atoms with Gasteiger partial charge in [0.25, 0.3) is 10.0 Å². The number of amides is 2. The fraction of sp³-hybridized carbons (Fsp3) is 0.235. The largest absolute Gasteiger partial charge is 0.457 e. The standard InChI is InChI=1S/C34H37N3O5S/c1-4-23-35-34(39)27(3)36(24-28-11-7-5-8-12-28)33(38)25-37(43(40,41)32-21-15-26(2)16-22-32)29-17-19-31(20-18-29)42-30-13-9-6-10-14-30/h5-22,27H,4,23-25H2,1-3H3,(H,35,39)/t27-/m1/s1. The van der Waals surface area contributed by atoms with Gasteiger partial charge in [-0.3, -0.25) is 13.9 Å². The number of benzene rings is 4. The summed E-state index contributed by atoms with van der Waals surface area (Å²) in [7, 11) is -4.16. The van der Waals surface area contributed by atoms with Gasteiger partial charge in [-0.25, -0.2) is 8.42 Å². The van der Waals surface area contributed by atoms with Gasteiger partial charge in [0.1, 0.15) is 24.1 Å². The van der Waals surface area contributed by atoms with E-state index in [-0.39, 0.29) is 23.0 Å². The Labute approximate surface area is 254 Å². The van der Waals surface area contributed by atoms with Crippen molar-refractivity contribution in [1.82, 2.24) is 10.2 Å². The molecule has 224 valence electrons. The molecule has 1 N–H and O–H groups in total. The number of hydrogen-bond acceptors (Lipinski definition) is 5. The molecule has 1 atom stereocenters. The van der Waals surface area contributed by atoms with Gasteiger partial charge in [0.2, 0.25) is 11.8 Å². The molecule has 4 aromatic carbocycles. The Kier molecular flexibility index (Phi) is 10.6. The normalized spacial score (nSPS) is 11.8. The molecular formula is C34H37N3O5S. The van der Waals surface area contributed by atoms with Crippen molar-refractivity contribution in [2.45, 2.75) is 44.7 Å². The Balaban J connectivity index is 1.68. The molecule has 2 amide bonds. The summed E-state index contributed by atoms with van der Waals surface area (Å²) in [6, 6.07) is 30.7. The zero-order valence-corrected chi connectivity index (χ0v) is 25.5. The van der Waals surface area contributed by atoms with E-state index in [4.69, 9.17) is 4.74 Å². The second-order valence-electron chi connectivity index (χ2n) is 10.2. The van der Waals surface area contributed by atoms with Crippen LogP contribution in [0.3, 0.4) is 0 Å². The van der Waals surface area contributed by atoms with E-state index in [1.807, 2.05) is 74.5 Å². The minimum absolute atomic E-state index is 0.0545. The third-order valence-electron chi connectivity index (χ3n) is 6.90. The summed E-state index contributed by atoms with van der Waals surface area (Å²) in [5, 5.41) is 2.85. The van der Waals surface area contributed by atoms with E-state index in [1.165, 1.54) is 17.0 Å². The van der Waals surface area contributed by atoms with Crippen LogP contribution in [-0.4, -0.2) is 44.3 Å². The maximum Gasteiger partial charge on any atom is 0.264 e. The van der Waals surface area contributed by atoms with Crippen LogP contribution in [-0.2, 0) is 26.2 Å². The fourth-order valence-corrected chi connectivity index (χ4v) is 5.84. The van der Waals surface area contributed by atoms with Crippen LogP contribution in [0.4, 0.5) is 5.69 Å². The van der Waals surface area contributed by atoms with Crippen molar-refractivity contribution in [3.8, 4) is 11.5 Å². The van der Waals surface area contributed by atoms with Gasteiger partial charge < -0.3 is 15.0 Å². The predicted octanol–water partition coefficient (Wildman–Crippen LogP) is 5.93. The SMILES string of the molecule is CCCNC(=O)[C@@H](C)N(Cc1ccccc1)C(=O)CN(c1ccc(Oc2ccccc2)cc1)S(=O)(=O)c1ccc(C)cc1. The number of nitrogens with one attached hydrogen (secondary N) is 1. The van der Waals surface area contributed by atoms with Crippen molar-refractivity contribution in [3.05, 3.63) is 120 Å². The van der Waals surface area contributed by atoms with Crippen LogP contribution in [0, 0.1) is 6.92 Å². The molecule has 0 radical (unpaired) electrons. The van der Waals surface area contributed by atoms with Crippen LogP contribution in [0.25, 0.3) is 0 Å². The molecule has 8 nitrogen and oxygen atoms in total. The summed E-state index contributed by atoms with van der Waals surface area (Å²) >= 11 is 0. The van der Waals surface area contributed by atoms with E-state index in [0.717, 1.165) is 21.9 Å². The molecule has 0 aliphatic heterocycles. The molecule has 0 aromatic heterocycles. The number of rotatable bonds is 13. The Morgan fingerprint density at radius 2 is 1.40 bits per heavy atom. The Bertz CT molecular complexity index is 1590. The van der Waals surface area contributed by atoms with Crippen LogP contribution >= 0.6 is 0 Å². The van der Waals surface area contributed by atoms with E-state index in [1.54, 1.807) is 43.3 Å². The number of hydrogen-bond donors (Lipinski definition) is 1. The highest BCUT2D eigenvalue weighted by molar-refractivity contribution is 7.92. The first-order valence-corrected chi connectivity index (χ1v) is 15.7. The molecule has 43 heavy (non-hydrogen) atoms. The van der Waals surface area contributed by atoms with Gasteiger partial charge in [-0.05, 0) is 74.4 Å². The minimum Gasteiger partial charge on any atom is -0.457 e. The Hall–Kier alpha value is -4.63. The van der Waals surface area contributed by atoms with Gasteiger partial charge in [-0.1, -0.05) is 73.2 Å². The molecular weight excluding hydrogens is 562 g/mol. The van der Waals surface area contributed by atoms with Gasteiger partial charge in [-0.2, -0.15) is 0 Å². The highest BCUT2D eigenvalue weighted by atomic mass is 32.2. The molecule has 4 aromatic rings. The average Bonchev–Trinajstić information content (AvgIpc) is 3.02. The molecule has 0 unspecified atom stereocenters. The number of ether oxygens (including phenoxy) is 1. The zero-order chi connectivity index (χ0) is 30.8. The van der Waals surface area contributed by atoms with Gasteiger partial charge in [-0.15, -0.1) is 0 Å². The number of nitrogens with zero attached hydrogens (tertiary/aromatic N) is 2. The predicted molar refractivity (Wildman–Crippen MR) is 168 cm³/mol. The van der Waals surface area contributed by atoms with Crippen molar-refractivity contribution in [2.24, 2.45) is 0 Å². The molecule has 0 heterocycles. The first-order chi connectivity index (χ1) is 20.7. The lowest BCUT2D eigenvalue weighted by atomic mass is 10.1. The van der Waals surface area contributed by atoms with Crippen molar-refractivity contribution in [1.29, 1.82) is 0 Å². The summed E-state index contributed by atoms with van der Waals surface area (Å²) in [5.41, 5.74) is 2.02. The maximum atomic E-state index is 14.0. The van der Waals surface area contributed by atoms with Crippen LogP contribution in [0.5, 0.6) is 11.5 Å². The van der Waals surface area contributed by atoms with Crippen LogP contribution < -0.4 is 14.4 Å². The summed E-state index contributed by atoms with van der Waals surface area (Å²) < 4.78 is 35.0. The van der Waals surface area contributed by atoms with Crippen molar-refractivity contribution < 1.29 is 22.7 Å². The number of aryl methyl sites for hydroxylation is 1. The summed E-state index contributed by atoms with van der Waals surface area (Å²) in [6.07, 6.45) is 0.748. The number of carbonyl (C=O) groups is 2. The Morgan fingerprint density at radius 3 is 2.00 bits per heavy atom. The second-order valence-corrected chi connectivity index (χ2v) is 12.1. The lowest BCUT2D eigenvalue weighted by Crippen LogP contribution is -2.51. The van der Waals surface area contributed by atoms with Crippen molar-refractivity contribution >= 4 is 27.5 Å². The van der Waals surface area contributed by atoms with E-state index in [2.05, 4.69) is 5.32 Å². The smallest absolute Gasteiger partial charge is 0.264 e. The highest BCUT2D eigenvalue weighted by Crippen LogP contribution is 2.28. The molecule has 0 aliphatic carbocycles. The number of carbonyl (C=O) groups excluding carboxylic acids is 2. The lowest BCUT2D eigenvalue weighted by Gasteiger charge is -2.32. The van der Waals surface area contributed by atoms with Crippen molar-refractivity contribution in [3.63, 3.8) is 0 Å². The molecule has 0 aliphatic rings. The minimum atomic E-state index is -4.16. The van der Waals surface area contributed by atoms with E-state index >= 15 is 0 Å². The van der Waals surface area contributed by atoms with Crippen LogP contribution in [0.2, 0.25) is 0 Å². The molecule has 0 saturated carbocycles. The molecule has 0 saturated heterocycles. The molecule has 4 rings (SSSR count). The monoisotopic (exact) mass is 599 g/mol. The van der Waals surface area contributed by atoms with Gasteiger partial charge in [0.05, 0.1) is 10.6 Å². The third kappa shape index (κ3) is 8.23. The van der Waals surface area contributed by atoms with E-state index in [9.17, 15) is 18.0 Å². The first-order valence-electron chi connectivity index (χ1n) is 14.2. The molecule has 0 spiro atoms. The third-order valence-corrected chi connectivity index (χ3v) is 8.69. The first kappa shape index (κ1) is 31.3. The lowest BCUT2D eigenvalue weighted by molar-refractivity contribution is -0.139. The summed E-state index contributed by atoms with van der Waals surface area (Å²) in [5.74, 6) is 0.340. The topological polar surface area (TPSA) is 96.0 Å². The molecule has 0 fully saturated rings. The molecule has 0 bridgehead atoms. The van der Waals surface area contributed by atoms with Gasteiger partial charge >= 0.3 is 0 Å². The maximum absolute atomic E-state index is 14.0. The number of anilines is 1. The van der Waals surface area contributed by atoms with E-state index < -0.39 is 28.5 Å². The van der Waals surface area contributed by atoms with Gasteiger partial charge in [0, 0.05) is 13.1 Å². The van der Waals surface area contributed by atoms with Gasteiger partial charge in [0.15, 0.2) is 0 Å². The number of sulfonamides is 1. The van der Waals surface area contributed by atoms with E-state index in [0.29, 0.717) is 18.0 Å². The summed E-state index contributed by atoms with van der Waals surface area (Å²) in [6.45, 7) is 5.58. The van der Waals surface area contributed by atoms with Crippen molar-refractivity contribution in [2.75, 3.05) is 17.4 Å². The fourth-order valence-electron chi connectivity index (χ4n) is 4.43. The number of para-hydroxylation sites is 1. The summed E-state index contributed by atoms with van der Waals surface area (Å²) in [4.78, 5) is 28.5. The average molecular weight is 600 g/mol. The second kappa shape index (κ2) is 14.5. The quantitative estimate of drug-likeness (QED) is 0.206. The van der Waals surface area contributed by atoms with Crippen LogP contribution in [0.15, 0.2) is 114 Å². The highest BCUT2D eigenvalue weighted by Gasteiger charge is 2.32.